The van der Waals surface area contributed by atoms with Gasteiger partial charge in [-0.1, -0.05) is 35.9 Å². The average Bonchev–Trinajstić information content (AvgIpc) is 2.46. The average molecular weight is 348 g/mol. The fourth-order valence-corrected chi connectivity index (χ4v) is 2.43. The van der Waals surface area contributed by atoms with Gasteiger partial charge in [-0.05, 0) is 53.0 Å². The molecule has 4 heteroatoms. The number of carbonyl (C=O) groups excluding carboxylic acids is 1. The van der Waals surface area contributed by atoms with Crippen molar-refractivity contribution >= 4 is 21.8 Å². The molecule has 0 radical (unpaired) electrons. The molecule has 2 aromatic rings. The predicted octanol–water partition coefficient (Wildman–Crippen LogP) is 3.76. The zero-order valence-electron chi connectivity index (χ0n) is 12.2. The Bertz CT molecular complexity index is 623. The third-order valence-corrected chi connectivity index (χ3v) is 3.68. The van der Waals surface area contributed by atoms with Crippen LogP contribution in [0.15, 0.2) is 46.9 Å². The van der Waals surface area contributed by atoms with E-state index in [-0.39, 0.29) is 12.5 Å². The molecule has 0 aromatic heterocycles. The summed E-state index contributed by atoms with van der Waals surface area (Å²) >= 11 is 3.42. The van der Waals surface area contributed by atoms with Crippen molar-refractivity contribution in [2.24, 2.45) is 0 Å². The number of carbonyl (C=O) groups is 1. The van der Waals surface area contributed by atoms with Crippen LogP contribution in [0.3, 0.4) is 0 Å². The Morgan fingerprint density at radius 2 is 1.76 bits per heavy atom. The van der Waals surface area contributed by atoms with Crippen LogP contribution >= 0.6 is 15.9 Å². The molecule has 3 nitrogen and oxygen atoms in total. The molecule has 0 aliphatic carbocycles. The van der Waals surface area contributed by atoms with Gasteiger partial charge in [0.2, 0.25) is 0 Å². The normalized spacial score (nSPS) is 10.2. The maximum atomic E-state index is 11.8. The number of nitrogens with one attached hydrogen (secondary N) is 1. The van der Waals surface area contributed by atoms with E-state index in [4.69, 9.17) is 4.74 Å². The minimum absolute atomic E-state index is 0.00746. The maximum absolute atomic E-state index is 11.8. The van der Waals surface area contributed by atoms with E-state index in [0.717, 1.165) is 15.6 Å². The molecular formula is C17H18BrNO2. The van der Waals surface area contributed by atoms with E-state index < -0.39 is 0 Å². The number of hydrogen-bond acceptors (Lipinski definition) is 2. The fourth-order valence-electron chi connectivity index (χ4n) is 1.82. The van der Waals surface area contributed by atoms with Crippen molar-refractivity contribution in [3.8, 4) is 5.75 Å². The van der Waals surface area contributed by atoms with Crippen molar-refractivity contribution in [3.63, 3.8) is 0 Å². The van der Waals surface area contributed by atoms with Crippen LogP contribution in [0.25, 0.3) is 0 Å². The summed E-state index contributed by atoms with van der Waals surface area (Å²) in [5, 5.41) is 2.84. The molecule has 0 saturated carbocycles. The number of aryl methyl sites for hydroxylation is 2. The van der Waals surface area contributed by atoms with Crippen molar-refractivity contribution in [3.05, 3.63) is 63.6 Å². The van der Waals surface area contributed by atoms with E-state index >= 15 is 0 Å². The van der Waals surface area contributed by atoms with Gasteiger partial charge in [0, 0.05) is 6.54 Å². The Hall–Kier alpha value is -1.81. The molecule has 1 amide bonds. The first-order chi connectivity index (χ1) is 10.0. The molecule has 0 fully saturated rings. The van der Waals surface area contributed by atoms with Crippen LogP contribution in [0, 0.1) is 13.8 Å². The predicted molar refractivity (Wildman–Crippen MR) is 87.4 cm³/mol. The molecule has 1 N–H and O–H groups in total. The Balaban J connectivity index is 1.80. The lowest BCUT2D eigenvalue weighted by atomic mass is 10.1. The quantitative estimate of drug-likeness (QED) is 0.894. The zero-order valence-corrected chi connectivity index (χ0v) is 13.7. The molecule has 0 atom stereocenters. The van der Waals surface area contributed by atoms with E-state index in [1.165, 1.54) is 5.56 Å². The van der Waals surface area contributed by atoms with Gasteiger partial charge in [-0.2, -0.15) is 0 Å². The van der Waals surface area contributed by atoms with Crippen LogP contribution in [0.4, 0.5) is 0 Å². The number of hydrogen-bond donors (Lipinski definition) is 1. The van der Waals surface area contributed by atoms with Gasteiger partial charge in [-0.25, -0.2) is 0 Å². The lowest BCUT2D eigenvalue weighted by Gasteiger charge is -2.09. The first-order valence-corrected chi connectivity index (χ1v) is 7.55. The van der Waals surface area contributed by atoms with Crippen molar-refractivity contribution in [1.29, 1.82) is 0 Å². The molecule has 2 aromatic carbocycles. The second-order valence-electron chi connectivity index (χ2n) is 4.98. The molecule has 21 heavy (non-hydrogen) atoms. The molecule has 0 saturated heterocycles. The summed E-state index contributed by atoms with van der Waals surface area (Å²) < 4.78 is 6.36. The largest absolute Gasteiger partial charge is 0.483 e. The number of benzene rings is 2. The molecule has 0 bridgehead atoms. The van der Waals surface area contributed by atoms with Gasteiger partial charge < -0.3 is 10.1 Å². The molecule has 0 aliphatic heterocycles. The third kappa shape index (κ3) is 4.90. The molecule has 2 rings (SSSR count). The van der Waals surface area contributed by atoms with E-state index in [0.29, 0.717) is 12.3 Å². The van der Waals surface area contributed by atoms with Gasteiger partial charge in [0.25, 0.3) is 5.91 Å². The van der Waals surface area contributed by atoms with Crippen LogP contribution in [-0.4, -0.2) is 12.5 Å². The van der Waals surface area contributed by atoms with Crippen molar-refractivity contribution in [1.82, 2.24) is 5.32 Å². The topological polar surface area (TPSA) is 38.3 Å². The minimum atomic E-state index is -0.136. The highest BCUT2D eigenvalue weighted by Crippen LogP contribution is 2.25. The third-order valence-electron chi connectivity index (χ3n) is 3.06. The smallest absolute Gasteiger partial charge is 0.258 e. The summed E-state index contributed by atoms with van der Waals surface area (Å²) in [5.41, 5.74) is 3.42. The lowest BCUT2D eigenvalue weighted by molar-refractivity contribution is -0.123. The standard InChI is InChI=1S/C17H18BrNO2/c1-12-3-6-14(7-4-12)10-19-17(20)11-21-16-8-5-13(2)9-15(16)18/h3-9H,10-11H2,1-2H3,(H,19,20). The van der Waals surface area contributed by atoms with Crippen LogP contribution in [0.5, 0.6) is 5.75 Å². The monoisotopic (exact) mass is 347 g/mol. The van der Waals surface area contributed by atoms with Crippen molar-refractivity contribution < 1.29 is 9.53 Å². The summed E-state index contributed by atoms with van der Waals surface area (Å²) in [5.74, 6) is 0.536. The first kappa shape index (κ1) is 15.6. The van der Waals surface area contributed by atoms with Crippen LogP contribution in [0.1, 0.15) is 16.7 Å². The minimum Gasteiger partial charge on any atom is -0.483 e. The molecule has 110 valence electrons. The summed E-state index contributed by atoms with van der Waals surface area (Å²) in [4.78, 5) is 11.8. The van der Waals surface area contributed by atoms with Gasteiger partial charge >= 0.3 is 0 Å². The van der Waals surface area contributed by atoms with Gasteiger partial charge in [-0.15, -0.1) is 0 Å². The highest BCUT2D eigenvalue weighted by molar-refractivity contribution is 9.10. The summed E-state index contributed by atoms with van der Waals surface area (Å²) in [7, 11) is 0. The molecule has 0 heterocycles. The zero-order chi connectivity index (χ0) is 15.2. The SMILES string of the molecule is Cc1ccc(CNC(=O)COc2ccc(C)cc2Br)cc1. The first-order valence-electron chi connectivity index (χ1n) is 6.76. The van der Waals surface area contributed by atoms with Gasteiger partial charge in [0.05, 0.1) is 4.47 Å². The van der Waals surface area contributed by atoms with E-state index in [9.17, 15) is 4.79 Å². The van der Waals surface area contributed by atoms with E-state index in [1.807, 2.05) is 56.3 Å². The van der Waals surface area contributed by atoms with Crippen LogP contribution in [0.2, 0.25) is 0 Å². The second kappa shape index (κ2) is 7.27. The van der Waals surface area contributed by atoms with Crippen molar-refractivity contribution in [2.45, 2.75) is 20.4 Å². The Kier molecular flexibility index (Phi) is 5.39. The number of halogens is 1. The molecule has 0 spiro atoms. The van der Waals surface area contributed by atoms with E-state index in [2.05, 4.69) is 21.2 Å². The number of ether oxygens (including phenoxy) is 1. The molecule has 0 unspecified atom stereocenters. The Labute approximate surface area is 133 Å². The van der Waals surface area contributed by atoms with E-state index in [1.54, 1.807) is 0 Å². The van der Waals surface area contributed by atoms with Crippen LogP contribution in [-0.2, 0) is 11.3 Å². The Morgan fingerprint density at radius 1 is 1.10 bits per heavy atom. The van der Waals surface area contributed by atoms with Gasteiger partial charge in [-0.3, -0.25) is 4.79 Å². The summed E-state index contributed by atoms with van der Waals surface area (Å²) in [6.07, 6.45) is 0. The summed E-state index contributed by atoms with van der Waals surface area (Å²) in [6.45, 7) is 4.56. The molecule has 0 aliphatic rings. The van der Waals surface area contributed by atoms with Crippen molar-refractivity contribution in [2.75, 3.05) is 6.61 Å². The highest BCUT2D eigenvalue weighted by Gasteiger charge is 2.05. The number of rotatable bonds is 5. The van der Waals surface area contributed by atoms with Gasteiger partial charge in [0.15, 0.2) is 6.61 Å². The van der Waals surface area contributed by atoms with Gasteiger partial charge in [0.1, 0.15) is 5.75 Å². The number of amides is 1. The molecular weight excluding hydrogens is 330 g/mol. The Morgan fingerprint density at radius 3 is 2.43 bits per heavy atom. The fraction of sp³-hybridized carbons (Fsp3) is 0.235. The van der Waals surface area contributed by atoms with Crippen LogP contribution < -0.4 is 10.1 Å². The maximum Gasteiger partial charge on any atom is 0.258 e. The summed E-state index contributed by atoms with van der Waals surface area (Å²) in [6, 6.07) is 13.8. The second-order valence-corrected chi connectivity index (χ2v) is 5.84. The highest BCUT2D eigenvalue weighted by atomic mass is 79.9. The lowest BCUT2D eigenvalue weighted by Crippen LogP contribution is -2.28.